The van der Waals surface area contributed by atoms with Gasteiger partial charge in [0.15, 0.2) is 0 Å². The lowest BCUT2D eigenvalue weighted by molar-refractivity contribution is 0.101. The van der Waals surface area contributed by atoms with Gasteiger partial charge in [-0.15, -0.1) is 12.4 Å². The van der Waals surface area contributed by atoms with E-state index >= 15 is 0 Å². The number of anilines is 2. The van der Waals surface area contributed by atoms with Crippen molar-refractivity contribution in [2.24, 2.45) is 7.05 Å². The van der Waals surface area contributed by atoms with E-state index in [1.165, 1.54) is 0 Å². The van der Waals surface area contributed by atoms with Crippen molar-refractivity contribution in [3.63, 3.8) is 0 Å². The monoisotopic (exact) mass is 573 g/mol. The van der Waals surface area contributed by atoms with Gasteiger partial charge in [0.05, 0.1) is 42.7 Å². The first-order chi connectivity index (χ1) is 17.1. The molecule has 0 saturated heterocycles. The Morgan fingerprint density at radius 2 is 1.43 bits per heavy atom. The lowest BCUT2D eigenvalue weighted by Gasteiger charge is -2.22. The zero-order chi connectivity index (χ0) is 26.5. The number of benzene rings is 2. The Morgan fingerprint density at radius 1 is 0.865 bits per heavy atom. The smallest absolute Gasteiger partial charge is 0.361 e. The van der Waals surface area contributed by atoms with Gasteiger partial charge in [-0.2, -0.15) is 0 Å². The van der Waals surface area contributed by atoms with Crippen molar-refractivity contribution < 1.29 is 32.0 Å². The van der Waals surface area contributed by atoms with Crippen LogP contribution in [0.3, 0.4) is 0 Å². The lowest BCUT2D eigenvalue weighted by Crippen LogP contribution is -2.19. The maximum Gasteiger partial charge on any atom is 0.361 e. The van der Waals surface area contributed by atoms with E-state index < -0.39 is 15.2 Å². The van der Waals surface area contributed by atoms with Crippen LogP contribution in [-0.4, -0.2) is 36.9 Å². The molecule has 0 aliphatic rings. The summed E-state index contributed by atoms with van der Waals surface area (Å²) in [6.07, 6.45) is 1.64. The molecule has 3 N–H and O–H groups in total. The third-order valence-electron chi connectivity index (χ3n) is 5.29. The van der Waals surface area contributed by atoms with Crippen LogP contribution in [0, 0.1) is 0 Å². The van der Waals surface area contributed by atoms with Crippen molar-refractivity contribution in [3.8, 4) is 0 Å². The van der Waals surface area contributed by atoms with Crippen molar-refractivity contribution in [2.75, 3.05) is 37.5 Å². The largest absolute Gasteiger partial charge is 0.397 e. The Kier molecular flexibility index (Phi) is 11.0. The number of aryl methyl sites for hydroxylation is 1. The molecule has 13 heteroatoms. The van der Waals surface area contributed by atoms with Crippen LogP contribution < -0.4 is 21.7 Å². The number of hydrogen-bond acceptors (Lipinski definition) is 8. The van der Waals surface area contributed by atoms with Gasteiger partial charge in [0.2, 0.25) is 0 Å². The molecule has 0 unspecified atom stereocenters. The summed E-state index contributed by atoms with van der Waals surface area (Å²) in [6, 6.07) is 9.67. The molecule has 1 aromatic heterocycles. The molecule has 2 aromatic carbocycles. The molecule has 0 radical (unpaired) electrons. The van der Waals surface area contributed by atoms with E-state index in [4.69, 9.17) is 23.8 Å². The Labute approximate surface area is 223 Å². The van der Waals surface area contributed by atoms with Gasteiger partial charge in [0, 0.05) is 29.7 Å². The highest BCUT2D eigenvalue weighted by molar-refractivity contribution is 7.63. The number of rotatable bonds is 12. The first-order valence-electron chi connectivity index (χ1n) is 11.7. The maximum atomic E-state index is 13.8. The van der Waals surface area contributed by atoms with Crippen molar-refractivity contribution in [3.05, 3.63) is 48.3 Å². The van der Waals surface area contributed by atoms with E-state index in [0.717, 1.165) is 0 Å². The fraction of sp³-hybridized carbons (Fsp3) is 0.375. The Morgan fingerprint density at radius 3 is 1.95 bits per heavy atom. The molecule has 0 atom stereocenters. The number of nitrogen functional groups attached to an aromatic ring is 1. The van der Waals surface area contributed by atoms with Crippen molar-refractivity contribution in [1.29, 1.82) is 0 Å². The Hall–Kier alpha value is -2.16. The van der Waals surface area contributed by atoms with Crippen LogP contribution in [0.2, 0.25) is 0 Å². The molecule has 1 heterocycles. The number of nitrogens with two attached hydrogens (primary N) is 1. The molecule has 3 rings (SSSR count). The van der Waals surface area contributed by atoms with Crippen molar-refractivity contribution in [1.82, 2.24) is 4.57 Å². The van der Waals surface area contributed by atoms with Gasteiger partial charge < -0.3 is 33.7 Å². The molecule has 0 aliphatic carbocycles. The minimum atomic E-state index is -3.74. The molecule has 0 bridgehead atoms. The fourth-order valence-corrected chi connectivity index (χ4v) is 7.25. The van der Waals surface area contributed by atoms with Crippen LogP contribution in [0.25, 0.3) is 10.8 Å². The average Bonchev–Trinajstić information content (AvgIpc) is 3.17. The predicted octanol–water partition coefficient (Wildman–Crippen LogP) is 5.22. The molecular formula is C24H34ClN3O7P2. The summed E-state index contributed by atoms with van der Waals surface area (Å²) in [4.78, 5) is 13.0. The first kappa shape index (κ1) is 31.1. The summed E-state index contributed by atoms with van der Waals surface area (Å²) in [5.74, 6) is -0.376. The standard InChI is InChI=1S/C24H33N3O7P2.ClH/c1-6-31-35(29,32-7-2)18-10-11-19-20(15-18)23(36(30,33-8-3)34-9-4)13-12-21(19)26-24(28)22-14-17(25)16-27(22)5;/h10-16H,6-9,25H2,1-5H3,(H,26,28);1H. The second-order valence-corrected chi connectivity index (χ2v) is 11.8. The average molecular weight is 574 g/mol. The number of carbonyl (C=O) groups is 1. The van der Waals surface area contributed by atoms with Gasteiger partial charge in [-0.1, -0.05) is 6.07 Å². The van der Waals surface area contributed by atoms with E-state index in [2.05, 4.69) is 5.32 Å². The number of nitrogens with zero attached hydrogens (tertiary/aromatic N) is 1. The second-order valence-electron chi connectivity index (χ2n) is 7.75. The molecule has 0 spiro atoms. The van der Waals surface area contributed by atoms with Gasteiger partial charge in [-0.05, 0) is 58.0 Å². The zero-order valence-electron chi connectivity index (χ0n) is 21.6. The molecule has 0 aliphatic heterocycles. The van der Waals surface area contributed by atoms with Crippen LogP contribution >= 0.6 is 27.6 Å². The Balaban J connectivity index is 0.00000481. The van der Waals surface area contributed by atoms with E-state index in [-0.39, 0.29) is 55.4 Å². The number of hydrogen-bond donors (Lipinski definition) is 2. The third-order valence-corrected chi connectivity index (χ3v) is 9.57. The van der Waals surface area contributed by atoms with Crippen molar-refractivity contribution >= 4 is 66.3 Å². The molecule has 10 nitrogen and oxygen atoms in total. The van der Waals surface area contributed by atoms with E-state index in [1.54, 1.807) is 81.9 Å². The third kappa shape index (κ3) is 6.65. The molecule has 0 fully saturated rings. The summed E-state index contributed by atoms with van der Waals surface area (Å²) < 4.78 is 51.1. The van der Waals surface area contributed by atoms with Crippen molar-refractivity contribution in [2.45, 2.75) is 27.7 Å². The highest BCUT2D eigenvalue weighted by Gasteiger charge is 2.32. The summed E-state index contributed by atoms with van der Waals surface area (Å²) >= 11 is 0. The van der Waals surface area contributed by atoms with E-state index in [1.807, 2.05) is 0 Å². The summed E-state index contributed by atoms with van der Waals surface area (Å²) in [5, 5.41) is 4.44. The lowest BCUT2D eigenvalue weighted by atomic mass is 10.1. The SMILES string of the molecule is CCOP(=O)(OCC)c1ccc2c(NC(=O)c3cc(N)cn3C)ccc(P(=O)(OCC)OCC)c2c1.Cl. The van der Waals surface area contributed by atoms with Gasteiger partial charge in [-0.25, -0.2) is 0 Å². The normalized spacial score (nSPS) is 11.9. The van der Waals surface area contributed by atoms with Crippen LogP contribution in [0.1, 0.15) is 38.2 Å². The topological polar surface area (TPSA) is 131 Å². The quantitative estimate of drug-likeness (QED) is 0.282. The molecule has 3 aromatic rings. The molecule has 37 heavy (non-hydrogen) atoms. The summed E-state index contributed by atoms with van der Waals surface area (Å²) in [6.45, 7) is 7.55. The van der Waals surface area contributed by atoms with Gasteiger partial charge in [-0.3, -0.25) is 13.9 Å². The number of nitrogens with one attached hydrogen (secondary N) is 1. The zero-order valence-corrected chi connectivity index (χ0v) is 24.2. The fourth-order valence-electron chi connectivity index (χ4n) is 3.88. The van der Waals surface area contributed by atoms with E-state index in [9.17, 15) is 13.9 Å². The number of carbonyl (C=O) groups excluding carboxylic acids is 1. The summed E-state index contributed by atoms with van der Waals surface area (Å²) in [5.41, 5.74) is 7.10. The predicted molar refractivity (Wildman–Crippen MR) is 150 cm³/mol. The highest BCUT2D eigenvalue weighted by atomic mass is 35.5. The Bertz CT molecular complexity index is 1330. The molecular weight excluding hydrogens is 540 g/mol. The molecule has 0 saturated carbocycles. The molecule has 204 valence electrons. The molecule has 1 amide bonds. The van der Waals surface area contributed by atoms with Crippen LogP contribution in [0.15, 0.2) is 42.6 Å². The minimum Gasteiger partial charge on any atom is -0.397 e. The number of amides is 1. The number of aromatic nitrogens is 1. The van der Waals surface area contributed by atoms with Gasteiger partial charge in [0.1, 0.15) is 5.69 Å². The minimum absolute atomic E-state index is 0. The van der Waals surface area contributed by atoms with E-state index in [0.29, 0.717) is 27.8 Å². The first-order valence-corrected chi connectivity index (χ1v) is 14.8. The van der Waals surface area contributed by atoms with Crippen LogP contribution in [-0.2, 0) is 34.3 Å². The highest BCUT2D eigenvalue weighted by Crippen LogP contribution is 2.51. The van der Waals surface area contributed by atoms with Crippen LogP contribution in [0.5, 0.6) is 0 Å². The summed E-state index contributed by atoms with van der Waals surface area (Å²) in [7, 11) is -5.67. The number of fused-ring (bicyclic) bond motifs is 1. The van der Waals surface area contributed by atoms with Gasteiger partial charge in [0.25, 0.3) is 5.91 Å². The number of halogens is 1. The van der Waals surface area contributed by atoms with Crippen LogP contribution in [0.4, 0.5) is 11.4 Å². The van der Waals surface area contributed by atoms with Gasteiger partial charge >= 0.3 is 15.2 Å². The second kappa shape index (κ2) is 13.1. The maximum absolute atomic E-state index is 13.8.